The van der Waals surface area contributed by atoms with Crippen LogP contribution in [0.2, 0.25) is 5.02 Å². The van der Waals surface area contributed by atoms with E-state index >= 15 is 0 Å². The van der Waals surface area contributed by atoms with Gasteiger partial charge in [0.2, 0.25) is 10.3 Å². The number of anilines is 2. The number of benzene rings is 2. The molecule has 0 saturated carbocycles. The highest BCUT2D eigenvalue weighted by molar-refractivity contribution is 7.17. The molecule has 1 atom stereocenters. The van der Waals surface area contributed by atoms with E-state index in [1.165, 1.54) is 19.5 Å². The lowest BCUT2D eigenvalue weighted by atomic mass is 9.92. The average Bonchev–Trinajstić information content (AvgIpc) is 4.12. The predicted octanol–water partition coefficient (Wildman–Crippen LogP) is 9.36. The number of para-hydroxylation sites is 1. The molecule has 0 aliphatic rings. The minimum absolute atomic E-state index is 0.107. The largest absolute Gasteiger partial charge is 0.496 e. The highest BCUT2D eigenvalue weighted by Gasteiger charge is 2.26. The predicted molar refractivity (Wildman–Crippen MR) is 253 cm³/mol. The van der Waals surface area contributed by atoms with Crippen LogP contribution in [0.15, 0.2) is 97.6 Å². The van der Waals surface area contributed by atoms with E-state index in [4.69, 9.17) is 35.5 Å². The zero-order chi connectivity index (χ0) is 46.6. The fraction of sp³-hybridized carbons (Fsp3) is 0.152. The molecule has 336 valence electrons. The first kappa shape index (κ1) is 44.3. The van der Waals surface area contributed by atoms with Gasteiger partial charge in [-0.3, -0.25) is 45.3 Å². The Morgan fingerprint density at radius 2 is 1.49 bits per heavy atom. The SMILES string of the molecule is COc1cc(-c2nc(C)cc(-c3ccccc3OC)c2C(=O)Nc2nnc(OCc3nccc4[nH]ncc34)s2)ccc1-c1cc(C)ncc1C(=O)Nc1nnc(O[C@H](C)c2ccc(Cl)cn2)s1. The van der Waals surface area contributed by atoms with E-state index in [0.717, 1.165) is 33.6 Å². The van der Waals surface area contributed by atoms with E-state index in [1.807, 2.05) is 69.3 Å². The van der Waals surface area contributed by atoms with E-state index in [0.29, 0.717) is 72.8 Å². The second-order valence-electron chi connectivity index (χ2n) is 14.7. The molecule has 0 bridgehead atoms. The van der Waals surface area contributed by atoms with Crippen molar-refractivity contribution in [2.45, 2.75) is 33.5 Å². The maximum absolute atomic E-state index is 14.7. The second-order valence-corrected chi connectivity index (χ2v) is 17.0. The lowest BCUT2D eigenvalue weighted by molar-refractivity contribution is 0.101. The molecule has 18 nitrogen and oxygen atoms in total. The number of carbonyl (C=O) groups excluding carboxylic acids is 2. The third-order valence-corrected chi connectivity index (χ3v) is 12.0. The van der Waals surface area contributed by atoms with Gasteiger partial charge < -0.3 is 18.9 Å². The van der Waals surface area contributed by atoms with Crippen molar-refractivity contribution in [1.82, 2.24) is 50.5 Å². The number of hydrogen-bond donors (Lipinski definition) is 3. The number of nitrogens with zero attached hydrogens (tertiary/aromatic N) is 9. The van der Waals surface area contributed by atoms with Crippen LogP contribution >= 0.6 is 34.3 Å². The number of pyridine rings is 4. The monoisotopic (exact) mass is 952 g/mol. The van der Waals surface area contributed by atoms with E-state index in [2.05, 4.69) is 56.2 Å². The fourth-order valence-electron chi connectivity index (χ4n) is 7.18. The number of amides is 2. The Bertz CT molecular complexity index is 3290. The molecule has 21 heteroatoms. The Hall–Kier alpha value is -7.94. The van der Waals surface area contributed by atoms with Gasteiger partial charge in [0.1, 0.15) is 24.2 Å². The lowest BCUT2D eigenvalue weighted by Gasteiger charge is -2.18. The topological polar surface area (TPSA) is 227 Å². The number of aromatic amines is 1. The number of nitrogens with one attached hydrogen (secondary N) is 3. The molecule has 7 aromatic heterocycles. The van der Waals surface area contributed by atoms with Gasteiger partial charge in [-0.2, -0.15) is 5.10 Å². The average molecular weight is 953 g/mol. The van der Waals surface area contributed by atoms with E-state index < -0.39 is 17.9 Å². The first-order valence-corrected chi connectivity index (χ1v) is 22.3. The summed E-state index contributed by atoms with van der Waals surface area (Å²) in [5, 5.41) is 31.5. The molecule has 9 aromatic rings. The Morgan fingerprint density at radius 3 is 2.28 bits per heavy atom. The minimum atomic E-state index is -0.510. The summed E-state index contributed by atoms with van der Waals surface area (Å²) in [5.41, 5.74) is 7.15. The normalized spacial score (nSPS) is 11.6. The van der Waals surface area contributed by atoms with Gasteiger partial charge in [-0.1, -0.05) is 46.1 Å². The third kappa shape index (κ3) is 9.57. The fourth-order valence-corrected chi connectivity index (χ4v) is 8.54. The van der Waals surface area contributed by atoms with Crippen molar-refractivity contribution in [1.29, 1.82) is 0 Å². The Labute approximate surface area is 394 Å². The number of halogens is 1. The summed E-state index contributed by atoms with van der Waals surface area (Å²) >= 11 is 8.11. The second kappa shape index (κ2) is 19.3. The number of aryl methyl sites for hydroxylation is 2. The summed E-state index contributed by atoms with van der Waals surface area (Å²) in [5.74, 6) is -0.0471. The Balaban J connectivity index is 1.02. The number of carbonyl (C=O) groups is 2. The molecule has 2 aromatic carbocycles. The molecule has 0 fully saturated rings. The molecular formula is C46H37ClN12O6S2. The van der Waals surface area contributed by atoms with Crippen molar-refractivity contribution in [2.75, 3.05) is 24.9 Å². The smallest absolute Gasteiger partial charge is 0.296 e. The summed E-state index contributed by atoms with van der Waals surface area (Å²) in [6.45, 7) is 5.60. The summed E-state index contributed by atoms with van der Waals surface area (Å²) in [6.07, 6.45) is 5.92. The number of H-pyrrole nitrogens is 1. The molecule has 0 radical (unpaired) electrons. The standard InChI is InChI=1S/C46H37ClN12O6S2/c1-23-16-30(32(20-49-23)41(60)53-43-57-59-46(67-43)65-25(3)34-13-11-27(47)19-50-34)29-12-10-26(18-38(29)63-5)40-39(31(17-24(2)52-40)28-8-6-7-9-37(28)62-4)42(61)54-44-56-58-45(66-44)64-22-36-33-21-51-55-35(33)14-15-48-36/h6-21,25H,22H2,1-5H3,(H,51,55)(H,53,57,60)(H,54,56,61)/t25-/m1/s1. The zero-order valence-corrected chi connectivity index (χ0v) is 38.6. The molecule has 3 N–H and O–H groups in total. The van der Waals surface area contributed by atoms with Crippen LogP contribution in [0.5, 0.6) is 21.9 Å². The first-order valence-electron chi connectivity index (χ1n) is 20.3. The molecule has 0 saturated heterocycles. The van der Waals surface area contributed by atoms with Crippen molar-refractivity contribution >= 4 is 67.3 Å². The molecule has 0 aliphatic heterocycles. The quantitative estimate of drug-likeness (QED) is 0.0870. The molecular weight excluding hydrogens is 916 g/mol. The van der Waals surface area contributed by atoms with E-state index in [1.54, 1.807) is 43.8 Å². The van der Waals surface area contributed by atoms with Crippen molar-refractivity contribution in [2.24, 2.45) is 0 Å². The first-order chi connectivity index (χ1) is 32.5. The highest BCUT2D eigenvalue weighted by atomic mass is 35.5. The maximum atomic E-state index is 14.7. The van der Waals surface area contributed by atoms with Crippen molar-refractivity contribution in [3.05, 3.63) is 137 Å². The number of fused-ring (bicyclic) bond motifs is 1. The minimum Gasteiger partial charge on any atom is -0.496 e. The van der Waals surface area contributed by atoms with Gasteiger partial charge in [-0.15, -0.1) is 10.2 Å². The summed E-state index contributed by atoms with van der Waals surface area (Å²) < 4.78 is 23.6. The van der Waals surface area contributed by atoms with Crippen LogP contribution in [0.3, 0.4) is 0 Å². The Kier molecular flexibility index (Phi) is 12.7. The molecule has 0 aliphatic carbocycles. The van der Waals surface area contributed by atoms with Crippen LogP contribution in [-0.4, -0.2) is 76.6 Å². The van der Waals surface area contributed by atoms with Crippen molar-refractivity contribution in [3.63, 3.8) is 0 Å². The van der Waals surface area contributed by atoms with Gasteiger partial charge in [-0.05, 0) is 92.0 Å². The number of aromatic nitrogens is 10. The van der Waals surface area contributed by atoms with E-state index in [9.17, 15) is 9.59 Å². The van der Waals surface area contributed by atoms with Gasteiger partial charge in [0.25, 0.3) is 22.2 Å². The van der Waals surface area contributed by atoms with Crippen molar-refractivity contribution in [3.8, 4) is 55.4 Å². The maximum Gasteiger partial charge on any atom is 0.296 e. The number of hydrogen-bond acceptors (Lipinski definition) is 17. The Morgan fingerprint density at radius 1 is 0.746 bits per heavy atom. The van der Waals surface area contributed by atoms with Crippen LogP contribution in [-0.2, 0) is 6.61 Å². The number of rotatable bonds is 15. The molecule has 67 heavy (non-hydrogen) atoms. The summed E-state index contributed by atoms with van der Waals surface area (Å²) in [7, 11) is 3.10. The third-order valence-electron chi connectivity index (χ3n) is 10.3. The lowest BCUT2D eigenvalue weighted by Crippen LogP contribution is -2.16. The van der Waals surface area contributed by atoms with Gasteiger partial charge in [-0.25, -0.2) is 0 Å². The van der Waals surface area contributed by atoms with E-state index in [-0.39, 0.29) is 38.4 Å². The van der Waals surface area contributed by atoms with Crippen LogP contribution in [0.1, 0.15) is 56.5 Å². The van der Waals surface area contributed by atoms with Gasteiger partial charge in [0.05, 0.1) is 59.2 Å². The highest BCUT2D eigenvalue weighted by Crippen LogP contribution is 2.41. The van der Waals surface area contributed by atoms with Gasteiger partial charge in [0, 0.05) is 63.2 Å². The molecule has 0 unspecified atom stereocenters. The number of methoxy groups -OCH3 is 2. The molecule has 9 rings (SSSR count). The van der Waals surface area contributed by atoms with Crippen molar-refractivity contribution < 1.29 is 28.5 Å². The van der Waals surface area contributed by atoms with Gasteiger partial charge >= 0.3 is 0 Å². The summed E-state index contributed by atoms with van der Waals surface area (Å²) in [6, 6.07) is 21.7. The number of ether oxygens (including phenoxy) is 4. The summed E-state index contributed by atoms with van der Waals surface area (Å²) in [4.78, 5) is 46.7. The molecule has 0 spiro atoms. The van der Waals surface area contributed by atoms with Crippen LogP contribution in [0.25, 0.3) is 44.4 Å². The molecule has 2 amide bonds. The van der Waals surface area contributed by atoms with Gasteiger partial charge in [0.15, 0.2) is 0 Å². The zero-order valence-electron chi connectivity index (χ0n) is 36.2. The van der Waals surface area contributed by atoms with Crippen LogP contribution in [0.4, 0.5) is 10.3 Å². The molecule has 7 heterocycles. The van der Waals surface area contributed by atoms with Crippen LogP contribution in [0, 0.1) is 13.8 Å². The van der Waals surface area contributed by atoms with Crippen LogP contribution < -0.4 is 29.6 Å².